The predicted molar refractivity (Wildman–Crippen MR) is 136 cm³/mol. The van der Waals surface area contributed by atoms with Gasteiger partial charge in [-0.2, -0.15) is 9.61 Å². The molecule has 0 bridgehead atoms. The maximum atomic E-state index is 13.1. The molecule has 0 aliphatic heterocycles. The summed E-state index contributed by atoms with van der Waals surface area (Å²) in [4.78, 5) is 13.1. The molecule has 2 heterocycles. The summed E-state index contributed by atoms with van der Waals surface area (Å²) in [5.41, 5.74) is 3.08. The van der Waals surface area contributed by atoms with Crippen LogP contribution in [0.4, 0.5) is 0 Å². The van der Waals surface area contributed by atoms with Gasteiger partial charge < -0.3 is 9.84 Å². The predicted octanol–water partition coefficient (Wildman–Crippen LogP) is 4.97. The molecule has 0 saturated carbocycles. The van der Waals surface area contributed by atoms with Crippen LogP contribution in [0.3, 0.4) is 0 Å². The van der Waals surface area contributed by atoms with Crippen LogP contribution in [0, 0.1) is 0 Å². The van der Waals surface area contributed by atoms with Crippen molar-refractivity contribution in [3.8, 4) is 28.0 Å². The molecule has 7 nitrogen and oxygen atoms in total. The number of para-hydroxylation sites is 1. The highest BCUT2D eigenvalue weighted by Gasteiger charge is 2.20. The Morgan fingerprint density at radius 1 is 0.886 bits per heavy atom. The summed E-state index contributed by atoms with van der Waals surface area (Å²) in [6, 6.07) is 23.8. The molecule has 2 aromatic heterocycles. The molecule has 1 N–H and O–H groups in total. The van der Waals surface area contributed by atoms with Gasteiger partial charge in [-0.15, -0.1) is 5.10 Å². The summed E-state index contributed by atoms with van der Waals surface area (Å²) in [5, 5.41) is 20.6. The van der Waals surface area contributed by atoms with Gasteiger partial charge in [0, 0.05) is 21.2 Å². The lowest BCUT2D eigenvalue weighted by atomic mass is 9.97. The Labute approximate surface area is 210 Å². The number of aliphatic hydroxyl groups excluding tert-OH is 1. The number of hydrogen-bond acceptors (Lipinski definition) is 5. The number of aromatic nitrogens is 4. The Balaban J connectivity index is 1.55. The first-order valence-electron chi connectivity index (χ1n) is 10.9. The highest BCUT2D eigenvalue weighted by molar-refractivity contribution is 6.31. The van der Waals surface area contributed by atoms with E-state index in [4.69, 9.17) is 27.9 Å². The first-order valence-corrected chi connectivity index (χ1v) is 11.6. The number of nitrogens with zero attached hydrogens (tertiary/aromatic N) is 4. The number of halogens is 2. The maximum absolute atomic E-state index is 13.1. The van der Waals surface area contributed by atoms with Crippen molar-refractivity contribution in [1.29, 1.82) is 0 Å². The number of rotatable bonds is 7. The molecule has 0 amide bonds. The molecule has 0 radical (unpaired) electrons. The molecule has 0 saturated heterocycles. The first-order chi connectivity index (χ1) is 17.0. The Kier molecular flexibility index (Phi) is 6.55. The highest BCUT2D eigenvalue weighted by atomic mass is 35.5. The topological polar surface area (TPSA) is 81.7 Å². The van der Waals surface area contributed by atoms with Crippen LogP contribution in [0.15, 0.2) is 89.9 Å². The largest absolute Gasteiger partial charge is 0.491 e. The molecule has 0 fully saturated rings. The van der Waals surface area contributed by atoms with Gasteiger partial charge in [0.2, 0.25) is 0 Å². The fourth-order valence-electron chi connectivity index (χ4n) is 3.79. The maximum Gasteiger partial charge on any atom is 0.367 e. The summed E-state index contributed by atoms with van der Waals surface area (Å²) >= 11 is 12.2. The van der Waals surface area contributed by atoms with Gasteiger partial charge in [0.05, 0.1) is 12.7 Å². The van der Waals surface area contributed by atoms with Gasteiger partial charge in [-0.3, -0.25) is 0 Å². The fraction of sp³-hybridized carbons (Fsp3) is 0.115. The minimum absolute atomic E-state index is 0.0117. The second-order valence-electron chi connectivity index (χ2n) is 7.93. The average molecular weight is 507 g/mol. The number of aliphatic hydroxyl groups is 1. The van der Waals surface area contributed by atoms with E-state index in [1.165, 1.54) is 9.20 Å². The zero-order chi connectivity index (χ0) is 24.4. The second-order valence-corrected chi connectivity index (χ2v) is 8.80. The Morgan fingerprint density at radius 3 is 2.17 bits per heavy atom. The quantitative estimate of drug-likeness (QED) is 0.337. The molecule has 5 rings (SSSR count). The van der Waals surface area contributed by atoms with Gasteiger partial charge in [-0.1, -0.05) is 65.7 Å². The van der Waals surface area contributed by atoms with Crippen LogP contribution in [0.25, 0.3) is 27.9 Å². The highest BCUT2D eigenvalue weighted by Crippen LogP contribution is 2.34. The summed E-state index contributed by atoms with van der Waals surface area (Å²) in [5.74, 6) is 0.633. The lowest BCUT2D eigenvalue weighted by molar-refractivity contribution is 0.0883. The van der Waals surface area contributed by atoms with Crippen LogP contribution in [-0.4, -0.2) is 37.2 Å². The van der Waals surface area contributed by atoms with E-state index in [0.29, 0.717) is 27.0 Å². The molecule has 5 aromatic rings. The summed E-state index contributed by atoms with van der Waals surface area (Å²) in [7, 11) is 0. The van der Waals surface area contributed by atoms with Crippen molar-refractivity contribution >= 4 is 28.8 Å². The van der Waals surface area contributed by atoms with Crippen LogP contribution < -0.4 is 10.4 Å². The van der Waals surface area contributed by atoms with Crippen molar-refractivity contribution in [2.24, 2.45) is 0 Å². The van der Waals surface area contributed by atoms with Crippen molar-refractivity contribution in [2.75, 3.05) is 6.61 Å². The minimum Gasteiger partial charge on any atom is -0.491 e. The smallest absolute Gasteiger partial charge is 0.367 e. The van der Waals surface area contributed by atoms with Crippen molar-refractivity contribution in [3.63, 3.8) is 0 Å². The van der Waals surface area contributed by atoms with Crippen LogP contribution in [0.1, 0.15) is 0 Å². The molecular weight excluding hydrogens is 487 g/mol. The van der Waals surface area contributed by atoms with Crippen molar-refractivity contribution in [2.45, 2.75) is 12.6 Å². The second kappa shape index (κ2) is 9.92. The van der Waals surface area contributed by atoms with Crippen molar-refractivity contribution in [1.82, 2.24) is 19.4 Å². The third kappa shape index (κ3) is 4.93. The fourth-order valence-corrected chi connectivity index (χ4v) is 4.04. The SMILES string of the molecule is O=c1n(CC(O)COc2ccccc2)nc2c(-c3ccc(Cl)cc3)c(-c3ccc(Cl)cc3)cnn12. The lowest BCUT2D eigenvalue weighted by Gasteiger charge is -2.11. The van der Waals surface area contributed by atoms with Gasteiger partial charge in [0.25, 0.3) is 0 Å². The number of hydrogen-bond donors (Lipinski definition) is 1. The van der Waals surface area contributed by atoms with Gasteiger partial charge in [-0.05, 0) is 47.5 Å². The Hall–Kier alpha value is -3.65. The Bertz CT molecular complexity index is 1520. The van der Waals surface area contributed by atoms with Gasteiger partial charge in [-0.25, -0.2) is 9.48 Å². The van der Waals surface area contributed by atoms with E-state index in [-0.39, 0.29) is 13.2 Å². The monoisotopic (exact) mass is 506 g/mol. The molecule has 3 aromatic carbocycles. The van der Waals surface area contributed by atoms with E-state index in [9.17, 15) is 9.90 Å². The summed E-state index contributed by atoms with van der Waals surface area (Å²) < 4.78 is 8.04. The average Bonchev–Trinajstić information content (AvgIpc) is 3.19. The van der Waals surface area contributed by atoms with Crippen LogP contribution in [0.5, 0.6) is 5.75 Å². The molecule has 9 heteroatoms. The molecular formula is C26H20Cl2N4O3. The van der Waals surface area contributed by atoms with E-state index in [1.54, 1.807) is 42.6 Å². The molecule has 0 aliphatic carbocycles. The van der Waals surface area contributed by atoms with E-state index >= 15 is 0 Å². The van der Waals surface area contributed by atoms with E-state index in [1.807, 2.05) is 42.5 Å². The van der Waals surface area contributed by atoms with Gasteiger partial charge >= 0.3 is 5.69 Å². The third-order valence-corrected chi connectivity index (χ3v) is 5.97. The molecule has 35 heavy (non-hydrogen) atoms. The normalized spacial score (nSPS) is 12.1. The van der Waals surface area contributed by atoms with Crippen LogP contribution in [-0.2, 0) is 6.54 Å². The number of ether oxygens (including phenoxy) is 1. The standard InChI is InChI=1S/C26H20Cl2N4O3/c27-19-10-6-17(7-11-19)23-14-29-32-25(24(23)18-8-12-20(28)13-9-18)30-31(26(32)34)15-21(33)16-35-22-4-2-1-3-5-22/h1-14,21,33H,15-16H2. The number of benzene rings is 3. The third-order valence-electron chi connectivity index (χ3n) is 5.47. The number of fused-ring (bicyclic) bond motifs is 1. The van der Waals surface area contributed by atoms with Crippen molar-refractivity contribution in [3.05, 3.63) is 106 Å². The zero-order valence-corrected chi connectivity index (χ0v) is 19.9. The molecule has 0 aliphatic rings. The van der Waals surface area contributed by atoms with Gasteiger partial charge in [0.15, 0.2) is 5.65 Å². The van der Waals surface area contributed by atoms with Crippen molar-refractivity contribution < 1.29 is 9.84 Å². The zero-order valence-electron chi connectivity index (χ0n) is 18.4. The van der Waals surface area contributed by atoms with Crippen LogP contribution >= 0.6 is 23.2 Å². The molecule has 1 unspecified atom stereocenters. The summed E-state index contributed by atoms with van der Waals surface area (Å²) in [6.45, 7) is -0.0385. The van der Waals surface area contributed by atoms with E-state index in [0.717, 1.165) is 16.7 Å². The van der Waals surface area contributed by atoms with E-state index < -0.39 is 11.8 Å². The lowest BCUT2D eigenvalue weighted by Crippen LogP contribution is -2.31. The molecule has 0 spiro atoms. The van der Waals surface area contributed by atoms with Gasteiger partial charge in [0.1, 0.15) is 18.5 Å². The summed E-state index contributed by atoms with van der Waals surface area (Å²) in [6.07, 6.45) is 0.676. The Morgan fingerprint density at radius 2 is 1.51 bits per heavy atom. The molecule has 176 valence electrons. The minimum atomic E-state index is -0.951. The molecule has 1 atom stereocenters. The van der Waals surface area contributed by atoms with E-state index in [2.05, 4.69) is 10.2 Å². The van der Waals surface area contributed by atoms with Crippen LogP contribution in [0.2, 0.25) is 10.0 Å². The first kappa shape index (κ1) is 23.1.